The molecular weight excluding hydrogens is 396 g/mol. The number of hydrogen-bond donors (Lipinski definition) is 2. The van der Waals surface area contributed by atoms with Crippen LogP contribution in [0.4, 0.5) is 11.4 Å². The van der Waals surface area contributed by atoms with Crippen molar-refractivity contribution in [2.45, 2.75) is 12.1 Å². The highest BCUT2D eigenvalue weighted by Gasteiger charge is 2.15. The molecule has 0 bridgehead atoms. The first kappa shape index (κ1) is 21.1. The quantitative estimate of drug-likeness (QED) is 0.277. The van der Waals surface area contributed by atoms with Crippen LogP contribution in [0, 0.1) is 0 Å². The van der Waals surface area contributed by atoms with Crippen LogP contribution in [0.2, 0.25) is 0 Å². The van der Waals surface area contributed by atoms with Gasteiger partial charge in [0.1, 0.15) is 0 Å². The van der Waals surface area contributed by atoms with E-state index in [1.54, 1.807) is 0 Å². The summed E-state index contributed by atoms with van der Waals surface area (Å²) in [4.78, 5) is 0. The predicted molar refractivity (Wildman–Crippen MR) is 136 cm³/mol. The number of nitrogens with one attached hydrogen (secondary N) is 2. The Morgan fingerprint density at radius 2 is 0.774 bits per heavy atom. The highest BCUT2D eigenvalue weighted by atomic mass is 32.2. The van der Waals surface area contributed by atoms with E-state index < -0.39 is 0 Å². The molecule has 0 aliphatic carbocycles. The second-order valence-electron chi connectivity index (χ2n) is 7.48. The average Bonchev–Trinajstić information content (AvgIpc) is 2.85. The fraction of sp³-hybridized carbons (Fsp3) is 0.143. The summed E-state index contributed by atoms with van der Waals surface area (Å²) in [6.07, 6.45) is 0. The fourth-order valence-corrected chi connectivity index (χ4v) is 4.75. The van der Waals surface area contributed by atoms with Gasteiger partial charge in [-0.1, -0.05) is 97.1 Å². The largest absolute Gasteiger partial charge is 0.377 e. The highest BCUT2D eigenvalue weighted by molar-refractivity contribution is 7.99. The standard InChI is InChI=1S/C28H28N2S/c1-5-13-23(14-6-1)27(29-25-17-9-3-10-18-25)21-31-22-28(24-15-7-2-8-16-24)30-26-19-11-4-12-20-26/h1-20,27-30H,21-22H2. The molecule has 2 nitrogen and oxygen atoms in total. The van der Waals surface area contributed by atoms with Crippen molar-refractivity contribution in [2.24, 2.45) is 0 Å². The maximum atomic E-state index is 3.72. The highest BCUT2D eigenvalue weighted by Crippen LogP contribution is 2.28. The van der Waals surface area contributed by atoms with Gasteiger partial charge in [-0.3, -0.25) is 0 Å². The van der Waals surface area contributed by atoms with Crippen molar-refractivity contribution in [3.8, 4) is 0 Å². The lowest BCUT2D eigenvalue weighted by atomic mass is 10.1. The number of benzene rings is 4. The van der Waals surface area contributed by atoms with Crippen molar-refractivity contribution in [1.29, 1.82) is 0 Å². The maximum Gasteiger partial charge on any atom is 0.0604 e. The first-order chi connectivity index (χ1) is 15.4. The van der Waals surface area contributed by atoms with E-state index in [-0.39, 0.29) is 12.1 Å². The molecule has 0 saturated heterocycles. The molecule has 0 aliphatic rings. The number of rotatable bonds is 10. The molecule has 0 fully saturated rings. The van der Waals surface area contributed by atoms with Crippen LogP contribution >= 0.6 is 11.8 Å². The summed E-state index contributed by atoms with van der Waals surface area (Å²) in [5.41, 5.74) is 4.93. The summed E-state index contributed by atoms with van der Waals surface area (Å²) in [6.45, 7) is 0. The van der Waals surface area contributed by atoms with Crippen molar-refractivity contribution in [3.63, 3.8) is 0 Å². The summed E-state index contributed by atoms with van der Waals surface area (Å²) in [5, 5.41) is 7.43. The molecule has 0 spiro atoms. The summed E-state index contributed by atoms with van der Waals surface area (Å²) >= 11 is 1.97. The van der Waals surface area contributed by atoms with Crippen molar-refractivity contribution in [3.05, 3.63) is 132 Å². The lowest BCUT2D eigenvalue weighted by molar-refractivity contribution is 0.876. The molecule has 156 valence electrons. The molecule has 0 heterocycles. The third kappa shape index (κ3) is 6.40. The fourth-order valence-electron chi connectivity index (χ4n) is 3.59. The molecule has 4 rings (SSSR count). The van der Waals surface area contributed by atoms with Crippen molar-refractivity contribution < 1.29 is 0 Å². The van der Waals surface area contributed by atoms with E-state index >= 15 is 0 Å². The molecule has 4 aromatic carbocycles. The van der Waals surface area contributed by atoms with Gasteiger partial charge in [0.25, 0.3) is 0 Å². The Morgan fingerprint density at radius 3 is 1.13 bits per heavy atom. The maximum absolute atomic E-state index is 3.72. The van der Waals surface area contributed by atoms with E-state index in [2.05, 4.69) is 132 Å². The zero-order valence-electron chi connectivity index (χ0n) is 17.5. The summed E-state index contributed by atoms with van der Waals surface area (Å²) in [5.74, 6) is 1.97. The molecule has 0 radical (unpaired) electrons. The van der Waals surface area contributed by atoms with Crippen LogP contribution in [0.1, 0.15) is 23.2 Å². The molecule has 3 heteroatoms. The van der Waals surface area contributed by atoms with Crippen LogP contribution in [0.15, 0.2) is 121 Å². The molecule has 4 aromatic rings. The Kier molecular flexibility index (Phi) is 7.67. The second kappa shape index (κ2) is 11.3. The van der Waals surface area contributed by atoms with Gasteiger partial charge in [0.05, 0.1) is 12.1 Å². The lowest BCUT2D eigenvalue weighted by Crippen LogP contribution is -2.17. The SMILES string of the molecule is c1ccc(NC(CSCC(Nc2ccccc2)c2ccccc2)c2ccccc2)cc1. The molecule has 0 aromatic heterocycles. The van der Waals surface area contributed by atoms with Gasteiger partial charge >= 0.3 is 0 Å². The predicted octanol–water partition coefficient (Wildman–Crippen LogP) is 7.43. The summed E-state index contributed by atoms with van der Waals surface area (Å²) < 4.78 is 0. The van der Waals surface area contributed by atoms with Crippen molar-refractivity contribution in [1.82, 2.24) is 0 Å². The van der Waals surface area contributed by atoms with Crippen LogP contribution in [-0.2, 0) is 0 Å². The Bertz CT molecular complexity index is 923. The Morgan fingerprint density at radius 1 is 0.452 bits per heavy atom. The third-order valence-electron chi connectivity index (χ3n) is 5.20. The van der Waals surface area contributed by atoms with Gasteiger partial charge in [-0.15, -0.1) is 0 Å². The van der Waals surface area contributed by atoms with E-state index in [0.29, 0.717) is 0 Å². The van der Waals surface area contributed by atoms with Crippen LogP contribution < -0.4 is 10.6 Å². The first-order valence-electron chi connectivity index (χ1n) is 10.7. The number of thioether (sulfide) groups is 1. The number of hydrogen-bond acceptors (Lipinski definition) is 3. The lowest BCUT2D eigenvalue weighted by Gasteiger charge is -2.23. The molecule has 0 saturated carbocycles. The van der Waals surface area contributed by atoms with E-state index in [4.69, 9.17) is 0 Å². The van der Waals surface area contributed by atoms with Crippen molar-refractivity contribution >= 4 is 23.1 Å². The van der Waals surface area contributed by atoms with Gasteiger partial charge in [0, 0.05) is 22.9 Å². The van der Waals surface area contributed by atoms with Gasteiger partial charge < -0.3 is 10.6 Å². The number of anilines is 2. The van der Waals surface area contributed by atoms with Gasteiger partial charge in [-0.05, 0) is 35.4 Å². The topological polar surface area (TPSA) is 24.1 Å². The minimum absolute atomic E-state index is 0.252. The number of para-hydroxylation sites is 2. The Labute approximate surface area is 189 Å². The van der Waals surface area contributed by atoms with Crippen LogP contribution in [-0.4, -0.2) is 11.5 Å². The zero-order chi connectivity index (χ0) is 21.1. The van der Waals surface area contributed by atoms with Gasteiger partial charge in [0.15, 0.2) is 0 Å². The molecule has 2 unspecified atom stereocenters. The summed E-state index contributed by atoms with van der Waals surface area (Å²) in [6, 6.07) is 42.9. The molecule has 31 heavy (non-hydrogen) atoms. The van der Waals surface area contributed by atoms with Gasteiger partial charge in [0.2, 0.25) is 0 Å². The molecule has 2 atom stereocenters. The Hall–Kier alpha value is -3.17. The zero-order valence-corrected chi connectivity index (χ0v) is 18.3. The van der Waals surface area contributed by atoms with Crippen LogP contribution in [0.5, 0.6) is 0 Å². The first-order valence-corrected chi connectivity index (χ1v) is 11.8. The van der Waals surface area contributed by atoms with E-state index in [1.807, 2.05) is 11.8 Å². The third-order valence-corrected chi connectivity index (χ3v) is 6.34. The normalized spacial score (nSPS) is 12.6. The minimum Gasteiger partial charge on any atom is -0.377 e. The molecule has 2 N–H and O–H groups in total. The molecular formula is C28H28N2S. The van der Waals surface area contributed by atoms with E-state index in [1.165, 1.54) is 11.1 Å². The van der Waals surface area contributed by atoms with Crippen molar-refractivity contribution in [2.75, 3.05) is 22.1 Å². The minimum atomic E-state index is 0.252. The van der Waals surface area contributed by atoms with Crippen LogP contribution in [0.3, 0.4) is 0 Å². The Balaban J connectivity index is 1.45. The summed E-state index contributed by atoms with van der Waals surface area (Å²) in [7, 11) is 0. The van der Waals surface area contributed by atoms with Crippen LogP contribution in [0.25, 0.3) is 0 Å². The van der Waals surface area contributed by atoms with E-state index in [9.17, 15) is 0 Å². The smallest absolute Gasteiger partial charge is 0.0604 e. The second-order valence-corrected chi connectivity index (χ2v) is 8.56. The molecule has 0 amide bonds. The van der Waals surface area contributed by atoms with Gasteiger partial charge in [-0.25, -0.2) is 0 Å². The monoisotopic (exact) mass is 424 g/mol. The molecule has 0 aliphatic heterocycles. The van der Waals surface area contributed by atoms with Gasteiger partial charge in [-0.2, -0.15) is 11.8 Å². The average molecular weight is 425 g/mol. The van der Waals surface area contributed by atoms with E-state index in [0.717, 1.165) is 22.9 Å².